The Bertz CT molecular complexity index is 2620. The second kappa shape index (κ2) is 16.1. The Morgan fingerprint density at radius 1 is 0.556 bits per heavy atom. The molecule has 0 unspecified atom stereocenters. The van der Waals surface area contributed by atoms with Crippen LogP contribution >= 0.6 is 0 Å². The average Bonchev–Trinajstić information content (AvgIpc) is 3.10. The van der Waals surface area contributed by atoms with Crippen LogP contribution in [0.3, 0.4) is 0 Å². The molecule has 0 aromatic heterocycles. The van der Waals surface area contributed by atoms with E-state index in [4.69, 9.17) is 28.7 Å². The molecule has 0 saturated heterocycles. The molecule has 19 heteroatoms. The van der Waals surface area contributed by atoms with Gasteiger partial charge in [0.05, 0.1) is 50.1 Å². The van der Waals surface area contributed by atoms with E-state index >= 15 is 0 Å². The summed E-state index contributed by atoms with van der Waals surface area (Å²) in [5.74, 6) is -0.407. The zero-order valence-electron chi connectivity index (χ0n) is 28.8. The Morgan fingerprint density at radius 2 is 0.963 bits per heavy atom. The van der Waals surface area contributed by atoms with Crippen LogP contribution in [-0.2, 0) is 10.1 Å². The van der Waals surface area contributed by atoms with Crippen molar-refractivity contribution >= 4 is 94.8 Å². The molecule has 0 saturated carbocycles. The van der Waals surface area contributed by atoms with Crippen LogP contribution in [0.15, 0.2) is 143 Å². The van der Waals surface area contributed by atoms with E-state index in [9.17, 15) is 18.1 Å². The van der Waals surface area contributed by atoms with Crippen molar-refractivity contribution in [3.05, 3.63) is 103 Å². The number of phenols is 1. The number of benzene rings is 6. The molecule has 6 aromatic carbocycles. The minimum Gasteiger partial charge on any atom is -0.744 e. The van der Waals surface area contributed by atoms with E-state index in [1.807, 2.05) is 0 Å². The maximum absolute atomic E-state index is 12.3. The van der Waals surface area contributed by atoms with Gasteiger partial charge in [-0.1, -0.05) is 0 Å². The molecular formula is C35H30N13NaO4S. The summed E-state index contributed by atoms with van der Waals surface area (Å²) in [6.07, 6.45) is 0. The Balaban J connectivity index is 0.00000561. The summed E-state index contributed by atoms with van der Waals surface area (Å²) in [7, 11) is -5.09. The number of aryl methyl sites for hydroxylation is 1. The fraction of sp³-hybridized carbons (Fsp3) is 0.0286. The van der Waals surface area contributed by atoms with Crippen LogP contribution in [0.4, 0.5) is 73.9 Å². The SMILES string of the molecule is Cc1cc2cc(S(=O)(=O)[O-])c(N=Nc3ccc(N=Nc4ccc(N)cc4N)cc3)c(N)c2c(O)c1N=Nc1ccc(N=Nc2ccc(N)cc2N)cc1.[Na+]. The van der Waals surface area contributed by atoms with Crippen molar-refractivity contribution in [2.24, 2.45) is 40.9 Å². The van der Waals surface area contributed by atoms with Gasteiger partial charge in [-0.15, -0.1) is 20.5 Å². The molecule has 0 spiro atoms. The van der Waals surface area contributed by atoms with Gasteiger partial charge in [-0.25, -0.2) is 8.42 Å². The van der Waals surface area contributed by atoms with Gasteiger partial charge in [0, 0.05) is 11.4 Å². The molecular weight excluding hydrogens is 722 g/mol. The van der Waals surface area contributed by atoms with E-state index in [1.165, 1.54) is 18.2 Å². The number of rotatable bonds is 9. The summed E-state index contributed by atoms with van der Waals surface area (Å²) in [6.45, 7) is 1.63. The van der Waals surface area contributed by atoms with Crippen molar-refractivity contribution in [1.29, 1.82) is 0 Å². The van der Waals surface area contributed by atoms with Crippen molar-refractivity contribution in [1.82, 2.24) is 0 Å². The summed E-state index contributed by atoms with van der Waals surface area (Å²) in [6, 6.07) is 25.2. The molecule has 0 amide bonds. The van der Waals surface area contributed by atoms with Gasteiger partial charge in [0.25, 0.3) is 0 Å². The normalized spacial score (nSPS) is 12.0. The van der Waals surface area contributed by atoms with Crippen molar-refractivity contribution < 1.29 is 47.6 Å². The second-order valence-electron chi connectivity index (χ2n) is 11.5. The number of hydrogen-bond donors (Lipinski definition) is 6. The van der Waals surface area contributed by atoms with E-state index < -0.39 is 26.5 Å². The number of anilines is 5. The maximum atomic E-state index is 12.3. The Kier molecular flexibility index (Phi) is 11.6. The minimum atomic E-state index is -5.09. The van der Waals surface area contributed by atoms with E-state index in [0.29, 0.717) is 56.7 Å². The quantitative estimate of drug-likeness (QED) is 0.0415. The number of phenolic OH excluding ortho intramolecular Hbond substituents is 1. The third-order valence-electron chi connectivity index (χ3n) is 7.69. The topological polar surface area (TPSA) is 306 Å². The van der Waals surface area contributed by atoms with Crippen LogP contribution in [0, 0.1) is 6.92 Å². The summed E-state index contributed by atoms with van der Waals surface area (Å²) in [5, 5.41) is 44.6. The fourth-order valence-corrected chi connectivity index (χ4v) is 5.69. The number of nitrogen functional groups attached to an aromatic ring is 5. The van der Waals surface area contributed by atoms with Gasteiger partial charge in [0.1, 0.15) is 32.9 Å². The van der Waals surface area contributed by atoms with Gasteiger partial charge in [-0.3, -0.25) is 0 Å². The van der Waals surface area contributed by atoms with Gasteiger partial charge in [-0.05, 0) is 115 Å². The fourth-order valence-electron chi connectivity index (χ4n) is 5.03. The second-order valence-corrected chi connectivity index (χ2v) is 12.9. The average molecular weight is 752 g/mol. The van der Waals surface area contributed by atoms with Gasteiger partial charge in [0.15, 0.2) is 5.75 Å². The molecule has 0 aliphatic rings. The number of hydrogen-bond acceptors (Lipinski definition) is 17. The van der Waals surface area contributed by atoms with Crippen molar-refractivity contribution in [2.45, 2.75) is 11.8 Å². The maximum Gasteiger partial charge on any atom is 1.00 e. The summed E-state index contributed by atoms with van der Waals surface area (Å²) in [4.78, 5) is -0.720. The molecule has 0 atom stereocenters. The molecule has 0 heterocycles. The molecule has 0 aliphatic carbocycles. The summed E-state index contributed by atoms with van der Waals surface area (Å²) < 4.78 is 37.0. The first kappa shape index (κ1) is 38.9. The predicted octanol–water partition coefficient (Wildman–Crippen LogP) is 6.33. The summed E-state index contributed by atoms with van der Waals surface area (Å²) >= 11 is 0. The zero-order chi connectivity index (χ0) is 37.9. The number of nitrogens with two attached hydrogens (primary N) is 5. The molecule has 266 valence electrons. The molecule has 0 radical (unpaired) electrons. The first-order valence-electron chi connectivity index (χ1n) is 15.5. The predicted molar refractivity (Wildman–Crippen MR) is 203 cm³/mol. The van der Waals surface area contributed by atoms with Crippen molar-refractivity contribution in [3.8, 4) is 5.75 Å². The van der Waals surface area contributed by atoms with Gasteiger partial charge < -0.3 is 38.3 Å². The van der Waals surface area contributed by atoms with Crippen LogP contribution in [-0.4, -0.2) is 18.1 Å². The van der Waals surface area contributed by atoms with Gasteiger partial charge in [0.2, 0.25) is 0 Å². The van der Waals surface area contributed by atoms with Crippen molar-refractivity contribution in [3.63, 3.8) is 0 Å². The van der Waals surface area contributed by atoms with Gasteiger partial charge >= 0.3 is 29.6 Å². The molecule has 0 aliphatic heterocycles. The first-order chi connectivity index (χ1) is 25.3. The third kappa shape index (κ3) is 8.82. The first-order valence-corrected chi connectivity index (χ1v) is 16.9. The monoisotopic (exact) mass is 751 g/mol. The number of azo groups is 4. The smallest absolute Gasteiger partial charge is 0.744 e. The molecule has 6 rings (SSSR count). The minimum absolute atomic E-state index is 0. The third-order valence-corrected chi connectivity index (χ3v) is 8.54. The number of fused-ring (bicyclic) bond motifs is 1. The molecule has 0 fully saturated rings. The van der Waals surface area contributed by atoms with Crippen LogP contribution < -0.4 is 58.2 Å². The standard InChI is InChI=1S/C35H31N13O4S.Na/c1-18-14-19-15-30(53(50,51)52)34(48-44-25-10-6-23(7-11-25)42-46-29-13-3-21(37)17-27(29)39)32(40)31(19)35(49)33(18)47-43-24-8-4-22(5-9-24)41-45-28-12-2-20(36)16-26(28)38;/h2-17,49H,36-40H2,1H3,(H,50,51,52);/q;+1/p-1. The van der Waals surface area contributed by atoms with E-state index in [-0.39, 0.29) is 57.4 Å². The number of nitrogens with zero attached hydrogens (tertiary/aromatic N) is 8. The van der Waals surface area contributed by atoms with Crippen LogP contribution in [0.2, 0.25) is 0 Å². The molecule has 11 N–H and O–H groups in total. The molecule has 54 heavy (non-hydrogen) atoms. The zero-order valence-corrected chi connectivity index (χ0v) is 31.6. The van der Waals surface area contributed by atoms with Crippen LogP contribution in [0.1, 0.15) is 5.56 Å². The van der Waals surface area contributed by atoms with Gasteiger partial charge in [-0.2, -0.15) is 20.5 Å². The van der Waals surface area contributed by atoms with Crippen LogP contribution in [0.5, 0.6) is 5.75 Å². The molecule has 17 nitrogen and oxygen atoms in total. The molecule has 0 bridgehead atoms. The van der Waals surface area contributed by atoms with Crippen molar-refractivity contribution in [2.75, 3.05) is 28.7 Å². The largest absolute Gasteiger partial charge is 1.00 e. The Hall–Kier alpha value is -6.31. The molecule has 6 aromatic rings. The number of aromatic hydroxyl groups is 1. The van der Waals surface area contributed by atoms with Crippen LogP contribution in [0.25, 0.3) is 10.8 Å². The summed E-state index contributed by atoms with van der Waals surface area (Å²) in [5.41, 5.74) is 33.7. The van der Waals surface area contributed by atoms with E-state index in [2.05, 4.69) is 40.9 Å². The Morgan fingerprint density at radius 3 is 1.37 bits per heavy atom. The van der Waals surface area contributed by atoms with E-state index in [0.717, 1.165) is 6.07 Å². The van der Waals surface area contributed by atoms with E-state index in [1.54, 1.807) is 79.7 Å². The Labute approximate surface area is 330 Å².